The van der Waals surface area contributed by atoms with E-state index in [0.29, 0.717) is 6.04 Å². The van der Waals surface area contributed by atoms with Gasteiger partial charge in [-0.3, -0.25) is 9.59 Å². The van der Waals surface area contributed by atoms with Crippen molar-refractivity contribution in [3.05, 3.63) is 29.8 Å². The summed E-state index contributed by atoms with van der Waals surface area (Å²) in [5.74, 6) is 0.618. The van der Waals surface area contributed by atoms with E-state index in [0.717, 1.165) is 76.0 Å². The molecule has 3 fully saturated rings. The Bertz CT molecular complexity index is 747. The number of hydrogen-bond donors (Lipinski definition) is 1. The molecule has 1 aromatic carbocycles. The molecule has 0 aromatic heterocycles. The van der Waals surface area contributed by atoms with Gasteiger partial charge in [0.05, 0.1) is 5.56 Å². The topological polar surface area (TPSA) is 55.9 Å². The Balaban J connectivity index is 1.37. The summed E-state index contributed by atoms with van der Waals surface area (Å²) >= 11 is 0. The molecule has 1 aromatic rings. The van der Waals surface area contributed by atoms with E-state index in [-0.39, 0.29) is 23.8 Å². The van der Waals surface area contributed by atoms with Crippen molar-refractivity contribution in [2.75, 3.05) is 45.2 Å². The number of carbonyl (C=O) groups is 2. The smallest absolute Gasteiger partial charge is 0.255 e. The summed E-state index contributed by atoms with van der Waals surface area (Å²) in [7, 11) is 4.10. The predicted octanol–water partition coefficient (Wildman–Crippen LogP) is 2.74. The van der Waals surface area contributed by atoms with Crippen molar-refractivity contribution in [3.63, 3.8) is 0 Å². The van der Waals surface area contributed by atoms with Gasteiger partial charge in [-0.2, -0.15) is 0 Å². The van der Waals surface area contributed by atoms with E-state index < -0.39 is 0 Å². The zero-order chi connectivity index (χ0) is 21.1. The summed E-state index contributed by atoms with van der Waals surface area (Å²) in [4.78, 5) is 32.2. The van der Waals surface area contributed by atoms with Crippen LogP contribution in [0.3, 0.4) is 0 Å². The van der Waals surface area contributed by atoms with Crippen LogP contribution in [-0.4, -0.2) is 74.0 Å². The Labute approximate surface area is 180 Å². The first-order chi connectivity index (χ1) is 14.5. The van der Waals surface area contributed by atoms with Crippen LogP contribution in [-0.2, 0) is 4.79 Å². The van der Waals surface area contributed by atoms with E-state index in [1.165, 1.54) is 6.42 Å². The van der Waals surface area contributed by atoms with Crippen LogP contribution >= 0.6 is 0 Å². The van der Waals surface area contributed by atoms with Crippen molar-refractivity contribution >= 4 is 17.5 Å². The fraction of sp³-hybridized carbons (Fsp3) is 0.667. The SMILES string of the molecule is CN1CCC(N(C)C(=O)c2ccccc2N2CCC(NC(=O)C3CCC3)CC2)CC1. The lowest BCUT2D eigenvalue weighted by Crippen LogP contribution is -2.48. The summed E-state index contributed by atoms with van der Waals surface area (Å²) in [6, 6.07) is 8.60. The number of para-hydroxylation sites is 1. The van der Waals surface area contributed by atoms with Gasteiger partial charge in [0.15, 0.2) is 0 Å². The number of benzene rings is 1. The largest absolute Gasteiger partial charge is 0.371 e. The lowest BCUT2D eigenvalue weighted by molar-refractivity contribution is -0.128. The van der Waals surface area contributed by atoms with E-state index in [9.17, 15) is 9.59 Å². The van der Waals surface area contributed by atoms with Crippen molar-refractivity contribution in [2.45, 2.75) is 57.0 Å². The second kappa shape index (κ2) is 9.38. The molecule has 1 saturated carbocycles. The summed E-state index contributed by atoms with van der Waals surface area (Å²) in [6.07, 6.45) is 7.22. The molecular formula is C24H36N4O2. The average Bonchev–Trinajstić information content (AvgIpc) is 2.72. The third-order valence-corrected chi connectivity index (χ3v) is 7.35. The van der Waals surface area contributed by atoms with Gasteiger partial charge in [-0.05, 0) is 70.8 Å². The molecule has 1 aliphatic carbocycles. The Morgan fingerprint density at radius 3 is 2.27 bits per heavy atom. The minimum absolute atomic E-state index is 0.126. The lowest BCUT2D eigenvalue weighted by atomic mass is 9.84. The standard InChI is InChI=1S/C24H36N4O2/c1-26-14-12-20(13-15-26)27(2)24(30)21-8-3-4-9-22(21)28-16-10-19(11-17-28)25-23(29)18-6-5-7-18/h3-4,8-9,18-20H,5-7,10-17H2,1-2H3,(H,25,29). The molecule has 2 amide bonds. The number of hydrogen-bond acceptors (Lipinski definition) is 4. The van der Waals surface area contributed by atoms with Crippen molar-refractivity contribution in [1.82, 2.24) is 15.1 Å². The van der Waals surface area contributed by atoms with E-state index in [2.05, 4.69) is 28.2 Å². The summed E-state index contributed by atoms with van der Waals surface area (Å²) in [5, 5.41) is 3.25. The molecule has 3 aliphatic rings. The number of likely N-dealkylation sites (tertiary alicyclic amines) is 1. The third-order valence-electron chi connectivity index (χ3n) is 7.35. The maximum absolute atomic E-state index is 13.3. The Kier molecular flexibility index (Phi) is 6.61. The van der Waals surface area contributed by atoms with Gasteiger partial charge in [0.1, 0.15) is 0 Å². The van der Waals surface area contributed by atoms with Gasteiger partial charge in [-0.25, -0.2) is 0 Å². The summed E-state index contributed by atoms with van der Waals surface area (Å²) in [5.41, 5.74) is 1.84. The number of nitrogens with zero attached hydrogens (tertiary/aromatic N) is 3. The van der Waals surface area contributed by atoms with Crippen molar-refractivity contribution in [3.8, 4) is 0 Å². The third kappa shape index (κ3) is 4.64. The number of nitrogens with one attached hydrogen (secondary N) is 1. The minimum atomic E-state index is 0.126. The molecule has 0 atom stereocenters. The molecular weight excluding hydrogens is 376 g/mol. The Hall–Kier alpha value is -2.08. The highest BCUT2D eigenvalue weighted by Crippen LogP contribution is 2.29. The first-order valence-electron chi connectivity index (χ1n) is 11.6. The average molecular weight is 413 g/mol. The number of carbonyl (C=O) groups excluding carboxylic acids is 2. The predicted molar refractivity (Wildman–Crippen MR) is 120 cm³/mol. The molecule has 2 heterocycles. The highest BCUT2D eigenvalue weighted by atomic mass is 16.2. The number of amides is 2. The van der Waals surface area contributed by atoms with Crippen LogP contribution in [0, 0.1) is 5.92 Å². The molecule has 1 N–H and O–H groups in total. The summed E-state index contributed by atoms with van der Waals surface area (Å²) < 4.78 is 0. The van der Waals surface area contributed by atoms with E-state index >= 15 is 0 Å². The maximum Gasteiger partial charge on any atom is 0.255 e. The van der Waals surface area contributed by atoms with Crippen LogP contribution < -0.4 is 10.2 Å². The van der Waals surface area contributed by atoms with Crippen molar-refractivity contribution in [2.24, 2.45) is 5.92 Å². The maximum atomic E-state index is 13.3. The first kappa shape index (κ1) is 21.2. The van der Waals surface area contributed by atoms with Gasteiger partial charge < -0.3 is 20.0 Å². The van der Waals surface area contributed by atoms with Crippen molar-refractivity contribution in [1.29, 1.82) is 0 Å². The molecule has 0 bridgehead atoms. The van der Waals surface area contributed by atoms with Gasteiger partial charge in [0.25, 0.3) is 5.91 Å². The van der Waals surface area contributed by atoms with Crippen LogP contribution in [0.1, 0.15) is 55.3 Å². The minimum Gasteiger partial charge on any atom is -0.371 e. The van der Waals surface area contributed by atoms with Gasteiger partial charge in [0.2, 0.25) is 5.91 Å². The first-order valence-corrected chi connectivity index (χ1v) is 11.6. The van der Waals surface area contributed by atoms with Gasteiger partial charge >= 0.3 is 0 Å². The van der Waals surface area contributed by atoms with E-state index in [1.807, 2.05) is 30.1 Å². The van der Waals surface area contributed by atoms with Crippen LogP contribution in [0.25, 0.3) is 0 Å². The fourth-order valence-electron chi connectivity index (χ4n) is 4.92. The highest BCUT2D eigenvalue weighted by Gasteiger charge is 2.30. The normalized spacial score (nSPS) is 21.9. The fourth-order valence-corrected chi connectivity index (χ4v) is 4.92. The highest BCUT2D eigenvalue weighted by molar-refractivity contribution is 6.00. The zero-order valence-electron chi connectivity index (χ0n) is 18.5. The van der Waals surface area contributed by atoms with Gasteiger partial charge in [-0.15, -0.1) is 0 Å². The second-order valence-electron chi connectivity index (χ2n) is 9.37. The van der Waals surface area contributed by atoms with Crippen LogP contribution in [0.5, 0.6) is 0 Å². The van der Waals surface area contributed by atoms with Crippen LogP contribution in [0.2, 0.25) is 0 Å². The molecule has 2 saturated heterocycles. The molecule has 0 radical (unpaired) electrons. The number of anilines is 1. The number of rotatable bonds is 5. The molecule has 0 spiro atoms. The Morgan fingerprint density at radius 2 is 1.63 bits per heavy atom. The van der Waals surface area contributed by atoms with Crippen molar-refractivity contribution < 1.29 is 9.59 Å². The monoisotopic (exact) mass is 412 g/mol. The molecule has 6 nitrogen and oxygen atoms in total. The molecule has 6 heteroatoms. The lowest BCUT2D eigenvalue weighted by Gasteiger charge is -2.38. The molecule has 0 unspecified atom stereocenters. The quantitative estimate of drug-likeness (QED) is 0.808. The van der Waals surface area contributed by atoms with Crippen LogP contribution in [0.4, 0.5) is 5.69 Å². The summed E-state index contributed by atoms with van der Waals surface area (Å²) in [6.45, 7) is 3.84. The van der Waals surface area contributed by atoms with E-state index in [4.69, 9.17) is 0 Å². The second-order valence-corrected chi connectivity index (χ2v) is 9.37. The van der Waals surface area contributed by atoms with Gasteiger partial charge in [0, 0.05) is 43.8 Å². The van der Waals surface area contributed by atoms with Crippen LogP contribution in [0.15, 0.2) is 24.3 Å². The molecule has 30 heavy (non-hydrogen) atoms. The van der Waals surface area contributed by atoms with E-state index in [1.54, 1.807) is 0 Å². The zero-order valence-corrected chi connectivity index (χ0v) is 18.5. The molecule has 4 rings (SSSR count). The van der Waals surface area contributed by atoms with Gasteiger partial charge in [-0.1, -0.05) is 18.6 Å². The molecule has 2 aliphatic heterocycles. The Morgan fingerprint density at radius 1 is 0.967 bits per heavy atom. The number of piperidine rings is 2. The molecule has 164 valence electrons.